The van der Waals surface area contributed by atoms with Crippen LogP contribution in [0.4, 0.5) is 20.2 Å². The Morgan fingerprint density at radius 2 is 2.10 bits per heavy atom. The summed E-state index contributed by atoms with van der Waals surface area (Å²) in [6, 6.07) is 7.44. The van der Waals surface area contributed by atoms with Crippen LogP contribution in [0.5, 0.6) is 5.75 Å². The van der Waals surface area contributed by atoms with E-state index in [4.69, 9.17) is 11.6 Å². The summed E-state index contributed by atoms with van der Waals surface area (Å²) in [6.45, 7) is -3.05. The number of nitrogens with zero attached hydrogens (tertiary/aromatic N) is 5. The molecule has 0 aliphatic heterocycles. The van der Waals surface area contributed by atoms with Gasteiger partial charge >= 0.3 is 6.61 Å². The van der Waals surface area contributed by atoms with Crippen LogP contribution in [0.1, 0.15) is 10.4 Å². The lowest BCUT2D eigenvalue weighted by Gasteiger charge is -2.11. The molecule has 0 aliphatic rings. The van der Waals surface area contributed by atoms with Crippen LogP contribution in [-0.2, 0) is 7.05 Å². The van der Waals surface area contributed by atoms with Gasteiger partial charge in [0.15, 0.2) is 0 Å². The number of rotatable bonds is 7. The number of hydrogen-bond donors (Lipinski definition) is 1. The number of halogens is 3. The lowest BCUT2D eigenvalue weighted by atomic mass is 10.2. The van der Waals surface area contributed by atoms with Crippen LogP contribution in [-0.4, -0.2) is 37.6 Å². The lowest BCUT2D eigenvalue weighted by Crippen LogP contribution is -2.14. The largest absolute Gasteiger partial charge is 0.433 e. The first kappa shape index (κ1) is 21.4. The van der Waals surface area contributed by atoms with Crippen molar-refractivity contribution in [2.75, 3.05) is 5.32 Å². The topological polar surface area (TPSA) is 125 Å². The van der Waals surface area contributed by atoms with Gasteiger partial charge in [0.05, 0.1) is 15.5 Å². The molecule has 156 valence electrons. The van der Waals surface area contributed by atoms with Gasteiger partial charge in [-0.15, -0.1) is 5.10 Å². The molecule has 0 fully saturated rings. The third kappa shape index (κ3) is 4.99. The monoisotopic (exact) mass is 456 g/mol. The summed E-state index contributed by atoms with van der Waals surface area (Å²) >= 11 is 6.92. The summed E-state index contributed by atoms with van der Waals surface area (Å²) < 4.78 is 30.3. The van der Waals surface area contributed by atoms with Crippen molar-refractivity contribution in [1.29, 1.82) is 0 Å². The number of benzene rings is 2. The highest BCUT2D eigenvalue weighted by atomic mass is 35.5. The molecule has 30 heavy (non-hydrogen) atoms. The van der Waals surface area contributed by atoms with Gasteiger partial charge in [-0.3, -0.25) is 14.9 Å². The highest BCUT2D eigenvalue weighted by molar-refractivity contribution is 7.99. The molecule has 0 saturated heterocycles. The first-order valence-corrected chi connectivity index (χ1v) is 9.18. The molecule has 1 heterocycles. The van der Waals surface area contributed by atoms with E-state index in [1.165, 1.54) is 35.0 Å². The van der Waals surface area contributed by atoms with Crippen LogP contribution < -0.4 is 10.1 Å². The molecular weight excluding hydrogens is 446 g/mol. The predicted octanol–water partition coefficient (Wildman–Crippen LogP) is 3.78. The van der Waals surface area contributed by atoms with Crippen molar-refractivity contribution >= 4 is 40.6 Å². The highest BCUT2D eigenvalue weighted by Gasteiger charge is 2.20. The maximum atomic E-state index is 12.8. The van der Waals surface area contributed by atoms with Gasteiger partial charge < -0.3 is 10.1 Å². The van der Waals surface area contributed by atoms with Gasteiger partial charge in [0.1, 0.15) is 5.75 Å². The summed E-state index contributed by atoms with van der Waals surface area (Å²) in [5, 5.41) is 24.8. The van der Waals surface area contributed by atoms with Gasteiger partial charge in [-0.25, -0.2) is 4.68 Å². The Morgan fingerprint density at radius 1 is 1.33 bits per heavy atom. The van der Waals surface area contributed by atoms with Crippen LogP contribution in [0.15, 0.2) is 46.5 Å². The molecule has 1 N–H and O–H groups in total. The van der Waals surface area contributed by atoms with Crippen molar-refractivity contribution in [1.82, 2.24) is 20.2 Å². The van der Waals surface area contributed by atoms with E-state index in [1.807, 2.05) is 0 Å². The van der Waals surface area contributed by atoms with Gasteiger partial charge in [0, 0.05) is 29.8 Å². The SMILES string of the molecule is Cn1nnnc1Sc1ccc([N+](=O)[O-])cc1C(=O)Nc1ccc(OC(F)F)c(Cl)c1. The number of anilines is 1. The van der Waals surface area contributed by atoms with Gasteiger partial charge in [0.25, 0.3) is 11.6 Å². The van der Waals surface area contributed by atoms with E-state index in [-0.39, 0.29) is 27.7 Å². The minimum Gasteiger partial charge on any atom is -0.433 e. The molecule has 0 unspecified atom stereocenters. The van der Waals surface area contributed by atoms with Crippen molar-refractivity contribution in [2.24, 2.45) is 7.05 Å². The minimum absolute atomic E-state index is 0.0128. The lowest BCUT2D eigenvalue weighted by molar-refractivity contribution is -0.384. The maximum absolute atomic E-state index is 12.8. The molecule has 3 rings (SSSR count). The Morgan fingerprint density at radius 3 is 2.70 bits per heavy atom. The first-order chi connectivity index (χ1) is 14.2. The van der Waals surface area contributed by atoms with E-state index in [9.17, 15) is 23.7 Å². The number of non-ortho nitro benzene ring substituents is 1. The normalized spacial score (nSPS) is 10.8. The first-order valence-electron chi connectivity index (χ1n) is 7.99. The number of nitro benzene ring substituents is 1. The fourth-order valence-corrected chi connectivity index (χ4v) is 3.34. The van der Waals surface area contributed by atoms with E-state index in [0.717, 1.165) is 17.8 Å². The summed E-state index contributed by atoms with van der Waals surface area (Å²) in [6.07, 6.45) is 0. The summed E-state index contributed by atoms with van der Waals surface area (Å²) in [4.78, 5) is 23.6. The van der Waals surface area contributed by atoms with Gasteiger partial charge in [-0.05, 0) is 46.5 Å². The maximum Gasteiger partial charge on any atom is 0.387 e. The third-order valence-electron chi connectivity index (χ3n) is 3.61. The second-order valence-corrected chi connectivity index (χ2v) is 7.02. The Hall–Kier alpha value is -3.32. The standard InChI is InChI=1S/C16H11ClF2N6O4S/c1-24-16(21-22-23-24)30-13-5-3-9(25(27)28)7-10(13)14(26)20-8-2-4-12(11(17)6-8)29-15(18)19/h2-7,15H,1H3,(H,20,26). The number of amides is 1. The van der Waals surface area contributed by atoms with E-state index >= 15 is 0 Å². The second-order valence-electron chi connectivity index (χ2n) is 5.60. The number of nitro groups is 1. The average Bonchev–Trinajstić information content (AvgIpc) is 3.08. The van der Waals surface area contributed by atoms with E-state index in [1.54, 1.807) is 7.05 Å². The summed E-state index contributed by atoms with van der Waals surface area (Å²) in [5.74, 6) is -0.944. The fourth-order valence-electron chi connectivity index (χ4n) is 2.27. The van der Waals surface area contributed by atoms with Crippen molar-refractivity contribution in [3.63, 3.8) is 0 Å². The molecule has 0 saturated carbocycles. The van der Waals surface area contributed by atoms with E-state index in [0.29, 0.717) is 10.1 Å². The number of nitrogens with one attached hydrogen (secondary N) is 1. The van der Waals surface area contributed by atoms with Crippen LogP contribution in [0, 0.1) is 10.1 Å². The van der Waals surface area contributed by atoms with Gasteiger partial charge in [-0.2, -0.15) is 8.78 Å². The minimum atomic E-state index is -3.05. The quantitative estimate of drug-likeness (QED) is 0.420. The van der Waals surface area contributed by atoms with Crippen LogP contribution >= 0.6 is 23.4 Å². The smallest absolute Gasteiger partial charge is 0.387 e. The summed E-state index contributed by atoms with van der Waals surface area (Å²) in [5.41, 5.74) is -0.130. The zero-order chi connectivity index (χ0) is 21.8. The zero-order valence-corrected chi connectivity index (χ0v) is 16.5. The van der Waals surface area contributed by atoms with E-state index in [2.05, 4.69) is 25.6 Å². The number of tetrazole rings is 1. The molecule has 0 spiro atoms. The van der Waals surface area contributed by atoms with Crippen molar-refractivity contribution in [2.45, 2.75) is 16.7 Å². The molecule has 0 radical (unpaired) electrons. The van der Waals surface area contributed by atoms with Crippen molar-refractivity contribution in [3.8, 4) is 5.75 Å². The molecule has 0 aliphatic carbocycles. The molecule has 1 amide bonds. The van der Waals surface area contributed by atoms with Crippen molar-refractivity contribution < 1.29 is 23.2 Å². The number of alkyl halides is 2. The van der Waals surface area contributed by atoms with Crippen LogP contribution in [0.2, 0.25) is 5.02 Å². The molecule has 0 atom stereocenters. The molecule has 3 aromatic rings. The van der Waals surface area contributed by atoms with Gasteiger partial charge in [-0.1, -0.05) is 11.6 Å². The summed E-state index contributed by atoms with van der Waals surface area (Å²) in [7, 11) is 1.60. The number of aromatic nitrogens is 4. The van der Waals surface area contributed by atoms with Crippen LogP contribution in [0.25, 0.3) is 0 Å². The van der Waals surface area contributed by atoms with E-state index < -0.39 is 17.4 Å². The number of hydrogen-bond acceptors (Lipinski definition) is 8. The molecule has 1 aromatic heterocycles. The average molecular weight is 457 g/mol. The second kappa shape index (κ2) is 9.00. The molecule has 0 bridgehead atoms. The zero-order valence-electron chi connectivity index (χ0n) is 15.0. The Kier molecular flexibility index (Phi) is 6.42. The van der Waals surface area contributed by atoms with Crippen LogP contribution in [0.3, 0.4) is 0 Å². The molecule has 14 heteroatoms. The number of ether oxygens (including phenoxy) is 1. The Bertz CT molecular complexity index is 1110. The fraction of sp³-hybridized carbons (Fsp3) is 0.125. The molecule has 10 nitrogen and oxygen atoms in total. The number of carbonyl (C=O) groups excluding carboxylic acids is 1. The Labute approximate surface area is 176 Å². The Balaban J connectivity index is 1.90. The molecular formula is C16H11ClF2N6O4S. The third-order valence-corrected chi connectivity index (χ3v) is 5.01. The van der Waals surface area contributed by atoms with Gasteiger partial charge in [0.2, 0.25) is 5.16 Å². The highest BCUT2D eigenvalue weighted by Crippen LogP contribution is 2.33. The predicted molar refractivity (Wildman–Crippen MR) is 102 cm³/mol. The van der Waals surface area contributed by atoms with Crippen molar-refractivity contribution in [3.05, 3.63) is 57.1 Å². The molecule has 2 aromatic carbocycles. The number of carbonyl (C=O) groups is 1. The number of aryl methyl sites for hydroxylation is 1.